The molecule has 66 heavy (non-hydrogen) atoms. The number of benzene rings is 4. The third-order valence-corrected chi connectivity index (χ3v) is 12.9. The molecule has 3 saturated heterocycles. The minimum absolute atomic E-state index is 0.0514. The summed E-state index contributed by atoms with van der Waals surface area (Å²) >= 11 is 0. The van der Waals surface area contributed by atoms with Gasteiger partial charge in [0.05, 0.1) is 56.6 Å². The summed E-state index contributed by atoms with van der Waals surface area (Å²) < 4.78 is 45.2. The Labute approximate surface area is 379 Å². The quantitative estimate of drug-likeness (QED) is 0.0998. The number of likely N-dealkylation sites (tertiary alicyclic amines) is 2. The average molecular weight is 901 g/mol. The first-order valence-electron chi connectivity index (χ1n) is 22.0. The number of nitrogens with one attached hydrogen (secondary N) is 4. The normalized spacial score (nSPS) is 19.3. The Morgan fingerprint density at radius 2 is 1.30 bits per heavy atom. The zero-order valence-electron chi connectivity index (χ0n) is 36.5. The lowest BCUT2D eigenvalue weighted by atomic mass is 9.90. The minimum Gasteiger partial charge on any atom is -0.453 e. The van der Waals surface area contributed by atoms with Gasteiger partial charge in [-0.15, -0.1) is 0 Å². The monoisotopic (exact) mass is 900 g/mol. The first kappa shape index (κ1) is 44.1. The van der Waals surface area contributed by atoms with Crippen LogP contribution in [0.5, 0.6) is 0 Å². The average Bonchev–Trinajstić information content (AvgIpc) is 4.19. The number of ether oxygens (including phenoxy) is 3. The molecule has 2 aromatic heterocycles. The van der Waals surface area contributed by atoms with Crippen molar-refractivity contribution in [3.8, 4) is 33.6 Å². The Bertz CT molecular complexity index is 2720. The van der Waals surface area contributed by atoms with E-state index in [9.17, 15) is 19.2 Å². The second-order valence-electron chi connectivity index (χ2n) is 17.0. The fourth-order valence-electron chi connectivity index (χ4n) is 9.42. The topological polar surface area (TPSA) is 184 Å². The standard InChI is InChI=1S/C49H50F2N8O7/c1-64-47(62)56-41(31-7-4-3-5-8-31)46(61)59-28-49(50,51)25-40(59)44-53-26-37(54-44)30-12-10-29(11-13-30)33-14-15-35-24-36(17-16-34(35)23-33)38-27-52-43(55-38)39-9-6-20-58(39)45(60)42(57-48(63)65-2)32-18-21-66-22-19-32/h3-5,7-8,10-17,23-24,26-27,32,39-42H,6,9,18-22,25,28H2,1-2H3,(H,52,55)(H,53,54)(H,56,62)(H,57,63). The highest BCUT2D eigenvalue weighted by atomic mass is 19.3. The summed E-state index contributed by atoms with van der Waals surface area (Å²) in [6.45, 7) is 0.817. The second-order valence-corrected chi connectivity index (χ2v) is 17.0. The van der Waals surface area contributed by atoms with E-state index in [1.54, 1.807) is 42.7 Å². The highest BCUT2D eigenvalue weighted by Gasteiger charge is 2.50. The Hall–Kier alpha value is -7.14. The Balaban J connectivity index is 0.882. The molecule has 3 fully saturated rings. The van der Waals surface area contributed by atoms with Gasteiger partial charge in [0.25, 0.3) is 11.8 Å². The van der Waals surface area contributed by atoms with Crippen LogP contribution in [0.1, 0.15) is 67.4 Å². The van der Waals surface area contributed by atoms with E-state index in [0.29, 0.717) is 49.7 Å². The molecule has 0 spiro atoms. The number of alkyl halides is 2. The SMILES string of the molecule is COC(=O)NC(C(=O)N1CC(F)(F)CC1c1ncc(-c2ccc(-c3ccc4cc(-c5cnc(C6CCCN6C(=O)C(NC(=O)OC)C6CCOCC6)[nH]5)ccc4c3)cc2)[nH]1)c1ccccc1. The van der Waals surface area contributed by atoms with Gasteiger partial charge in [0.2, 0.25) is 5.91 Å². The van der Waals surface area contributed by atoms with Crippen LogP contribution < -0.4 is 10.6 Å². The summed E-state index contributed by atoms with van der Waals surface area (Å²) in [5.74, 6) is -3.15. The van der Waals surface area contributed by atoms with Crippen LogP contribution in [0.15, 0.2) is 103 Å². The van der Waals surface area contributed by atoms with Crippen molar-refractivity contribution in [1.29, 1.82) is 0 Å². The Morgan fingerprint density at radius 3 is 1.98 bits per heavy atom. The van der Waals surface area contributed by atoms with Gasteiger partial charge < -0.3 is 44.6 Å². The molecule has 17 heteroatoms. The zero-order chi connectivity index (χ0) is 46.0. The minimum atomic E-state index is -3.17. The molecule has 15 nitrogen and oxygen atoms in total. The van der Waals surface area contributed by atoms with Crippen molar-refractivity contribution in [2.45, 2.75) is 62.2 Å². The van der Waals surface area contributed by atoms with E-state index in [1.165, 1.54) is 14.2 Å². The molecule has 342 valence electrons. The third kappa shape index (κ3) is 9.20. The van der Waals surface area contributed by atoms with E-state index in [-0.39, 0.29) is 23.7 Å². The molecule has 5 heterocycles. The van der Waals surface area contributed by atoms with Gasteiger partial charge in [-0.1, -0.05) is 78.9 Å². The molecule has 6 aromatic rings. The van der Waals surface area contributed by atoms with Gasteiger partial charge in [0.15, 0.2) is 0 Å². The Morgan fingerprint density at radius 1 is 0.712 bits per heavy atom. The number of nitrogens with zero attached hydrogens (tertiary/aromatic N) is 4. The molecule has 0 saturated carbocycles. The third-order valence-electron chi connectivity index (χ3n) is 12.9. The molecule has 4 unspecified atom stereocenters. The van der Waals surface area contributed by atoms with Crippen LogP contribution in [0.2, 0.25) is 0 Å². The smallest absolute Gasteiger partial charge is 0.407 e. The van der Waals surface area contributed by atoms with Crippen molar-refractivity contribution >= 4 is 34.8 Å². The fourth-order valence-corrected chi connectivity index (χ4v) is 9.42. The van der Waals surface area contributed by atoms with E-state index < -0.39 is 55.1 Å². The summed E-state index contributed by atoms with van der Waals surface area (Å²) in [5.41, 5.74) is 5.55. The lowest BCUT2D eigenvalue weighted by Gasteiger charge is -2.34. The van der Waals surface area contributed by atoms with E-state index in [1.807, 2.05) is 35.2 Å². The number of aromatic amines is 2. The maximum atomic E-state index is 15.0. The van der Waals surface area contributed by atoms with Gasteiger partial charge in [-0.2, -0.15) is 0 Å². The van der Waals surface area contributed by atoms with Crippen LogP contribution >= 0.6 is 0 Å². The number of hydrogen-bond donors (Lipinski definition) is 4. The second kappa shape index (κ2) is 18.8. The fraction of sp³-hybridized carbons (Fsp3) is 0.347. The number of rotatable bonds is 11. The molecule has 4 amide bonds. The summed E-state index contributed by atoms with van der Waals surface area (Å²) in [6, 6.07) is 25.4. The van der Waals surface area contributed by atoms with E-state index >= 15 is 8.78 Å². The van der Waals surface area contributed by atoms with Crippen LogP contribution in [0.4, 0.5) is 18.4 Å². The van der Waals surface area contributed by atoms with Crippen LogP contribution in [0.25, 0.3) is 44.4 Å². The molecule has 0 aliphatic carbocycles. The molecule has 4 N–H and O–H groups in total. The van der Waals surface area contributed by atoms with Gasteiger partial charge in [-0.05, 0) is 76.8 Å². The molecule has 3 aliphatic rings. The number of aromatic nitrogens is 4. The molecule has 3 aliphatic heterocycles. The predicted molar refractivity (Wildman–Crippen MR) is 240 cm³/mol. The molecule has 4 aromatic carbocycles. The zero-order valence-corrected chi connectivity index (χ0v) is 36.5. The number of fused-ring (bicyclic) bond motifs is 1. The van der Waals surface area contributed by atoms with Crippen LogP contribution in [0, 0.1) is 5.92 Å². The van der Waals surface area contributed by atoms with Crippen LogP contribution in [0.3, 0.4) is 0 Å². The van der Waals surface area contributed by atoms with Crippen molar-refractivity contribution in [2.75, 3.05) is 40.5 Å². The number of imidazole rings is 2. The maximum Gasteiger partial charge on any atom is 0.407 e. The molecular weight excluding hydrogens is 851 g/mol. The largest absolute Gasteiger partial charge is 0.453 e. The van der Waals surface area contributed by atoms with Crippen molar-refractivity contribution in [3.63, 3.8) is 0 Å². The summed E-state index contributed by atoms with van der Waals surface area (Å²) in [7, 11) is 2.46. The van der Waals surface area contributed by atoms with Gasteiger partial charge in [0, 0.05) is 31.7 Å². The number of halogens is 2. The number of amides is 4. The van der Waals surface area contributed by atoms with Crippen molar-refractivity contribution in [1.82, 2.24) is 40.4 Å². The summed E-state index contributed by atoms with van der Waals surface area (Å²) in [4.78, 5) is 71.2. The van der Waals surface area contributed by atoms with Gasteiger partial charge in [0.1, 0.15) is 23.7 Å². The van der Waals surface area contributed by atoms with Gasteiger partial charge in [-0.25, -0.2) is 28.3 Å². The highest BCUT2D eigenvalue weighted by Crippen LogP contribution is 2.42. The molecule has 0 radical (unpaired) electrons. The molecular formula is C49H50F2N8O7. The maximum absolute atomic E-state index is 15.0. The number of methoxy groups -OCH3 is 2. The number of carbonyl (C=O) groups excluding carboxylic acids is 4. The van der Waals surface area contributed by atoms with Crippen molar-refractivity contribution < 1.29 is 42.2 Å². The lowest BCUT2D eigenvalue weighted by Crippen LogP contribution is -2.53. The van der Waals surface area contributed by atoms with E-state index in [2.05, 4.69) is 55.9 Å². The lowest BCUT2D eigenvalue weighted by molar-refractivity contribution is -0.137. The number of H-pyrrole nitrogens is 2. The highest BCUT2D eigenvalue weighted by molar-refractivity contribution is 5.91. The van der Waals surface area contributed by atoms with Crippen LogP contribution in [-0.4, -0.2) is 106 Å². The van der Waals surface area contributed by atoms with Crippen LogP contribution in [-0.2, 0) is 23.8 Å². The van der Waals surface area contributed by atoms with Gasteiger partial charge in [-0.3, -0.25) is 9.59 Å². The molecule has 0 bridgehead atoms. The van der Waals surface area contributed by atoms with Crippen molar-refractivity contribution in [3.05, 3.63) is 121 Å². The van der Waals surface area contributed by atoms with E-state index in [4.69, 9.17) is 19.2 Å². The van der Waals surface area contributed by atoms with E-state index in [0.717, 1.165) is 56.5 Å². The number of alkyl carbamates (subject to hydrolysis) is 2. The molecule has 9 rings (SSSR count). The number of carbonyl (C=O) groups is 4. The van der Waals surface area contributed by atoms with Crippen molar-refractivity contribution in [2.24, 2.45) is 5.92 Å². The first-order chi connectivity index (χ1) is 32.0. The van der Waals surface area contributed by atoms with Gasteiger partial charge >= 0.3 is 12.2 Å². The number of hydrogen-bond acceptors (Lipinski definition) is 9. The summed E-state index contributed by atoms with van der Waals surface area (Å²) in [5, 5.41) is 7.37. The summed E-state index contributed by atoms with van der Waals surface area (Å²) in [6.07, 6.45) is 4.15. The first-order valence-corrected chi connectivity index (χ1v) is 22.0. The molecule has 4 atom stereocenters. The Kier molecular flexibility index (Phi) is 12.5. The predicted octanol–water partition coefficient (Wildman–Crippen LogP) is 8.11.